The van der Waals surface area contributed by atoms with E-state index in [0.717, 1.165) is 5.56 Å². The molecule has 6 rings (SSSR count). The highest BCUT2D eigenvalue weighted by molar-refractivity contribution is 8.09. The van der Waals surface area contributed by atoms with Gasteiger partial charge in [-0.25, -0.2) is 4.90 Å². The summed E-state index contributed by atoms with van der Waals surface area (Å²) in [6.45, 7) is 1.56. The first-order chi connectivity index (χ1) is 16.9. The molecule has 0 aromatic heterocycles. The summed E-state index contributed by atoms with van der Waals surface area (Å²) in [5.41, 5.74) is -1.05. The van der Waals surface area contributed by atoms with E-state index in [0.29, 0.717) is 21.9 Å². The highest BCUT2D eigenvalue weighted by Crippen LogP contribution is 2.68. The van der Waals surface area contributed by atoms with Gasteiger partial charge in [0, 0.05) is 10.5 Å². The molecule has 36 heavy (non-hydrogen) atoms. The Kier molecular flexibility index (Phi) is 4.76. The van der Waals surface area contributed by atoms with Crippen LogP contribution in [-0.4, -0.2) is 58.5 Å². The fourth-order valence-corrected chi connectivity index (χ4v) is 7.63. The molecule has 2 atom stereocenters. The molecule has 0 N–H and O–H groups in total. The lowest BCUT2D eigenvalue weighted by Crippen LogP contribution is -2.47. The maximum absolute atomic E-state index is 15.4. The largest absolute Gasteiger partial charge is 0.380 e. The summed E-state index contributed by atoms with van der Waals surface area (Å²) in [5, 5.41) is -0.766. The van der Waals surface area contributed by atoms with Gasteiger partial charge in [-0.3, -0.25) is 4.58 Å². The average molecular weight is 520 g/mol. The van der Waals surface area contributed by atoms with Crippen LogP contribution in [0.5, 0.6) is 0 Å². The minimum atomic E-state index is -5.56. The fourth-order valence-electron chi connectivity index (χ4n) is 5.96. The first-order valence-corrected chi connectivity index (χ1v) is 12.3. The Morgan fingerprint density at radius 1 is 0.806 bits per heavy atom. The lowest BCUT2D eigenvalue weighted by atomic mass is 9.82. The minimum Gasteiger partial charge on any atom is -0.252 e. The number of hydrogen-bond donors (Lipinski definition) is 0. The van der Waals surface area contributed by atoms with Crippen molar-refractivity contribution in [3.05, 3.63) is 99.8 Å². The van der Waals surface area contributed by atoms with E-state index in [2.05, 4.69) is 0 Å². The number of likely N-dealkylation sites (N-methyl/N-ethyl adjacent to an activating group) is 2. The van der Waals surface area contributed by atoms with Crippen LogP contribution in [0.4, 0.5) is 26.3 Å². The van der Waals surface area contributed by atoms with Crippen molar-refractivity contribution in [1.29, 1.82) is 0 Å². The Bertz CT molecular complexity index is 1420. The molecule has 4 aliphatic rings. The molecule has 2 aromatic rings. The number of allylic oxidation sites excluding steroid dienone is 3. The second-order valence-corrected chi connectivity index (χ2v) is 10.6. The number of halogens is 6. The maximum Gasteiger partial charge on any atom is 0.380 e. The molecule has 1 saturated carbocycles. The third kappa shape index (κ3) is 2.64. The lowest BCUT2D eigenvalue weighted by molar-refractivity contribution is -0.519. The van der Waals surface area contributed by atoms with Gasteiger partial charge in [-0.15, -0.1) is 11.8 Å². The summed E-state index contributed by atoms with van der Waals surface area (Å²) in [7, 11) is 3.17. The van der Waals surface area contributed by atoms with E-state index in [9.17, 15) is 8.78 Å². The molecule has 2 nitrogen and oxygen atoms in total. The number of amidine groups is 1. The molecule has 2 unspecified atom stereocenters. The predicted molar refractivity (Wildman–Crippen MR) is 128 cm³/mol. The van der Waals surface area contributed by atoms with Crippen molar-refractivity contribution in [3.8, 4) is 0 Å². The number of nitrogens with zero attached hydrogens (tertiary/aromatic N) is 2. The normalized spacial score (nSPS) is 27.6. The first kappa shape index (κ1) is 23.5. The van der Waals surface area contributed by atoms with E-state index in [1.54, 1.807) is 79.2 Å². The standard InChI is InChI=1S/C27H21F6N2S/c1-14-17-18-19(26(30,31)27(32,33)25(18,28)29)20-21(23(17)36-22(14)15-10-6-4-7-11-15)35(3)24(34(20)2)16-12-8-5-9-13-16/h4-13,21,23H,1-3H3/q+1. The van der Waals surface area contributed by atoms with Crippen molar-refractivity contribution in [1.82, 2.24) is 4.90 Å². The Balaban J connectivity index is 1.68. The monoisotopic (exact) mass is 519 g/mol. The molecule has 2 heterocycles. The van der Waals surface area contributed by atoms with Gasteiger partial charge in [-0.05, 0) is 35.8 Å². The summed E-state index contributed by atoms with van der Waals surface area (Å²) in [4.78, 5) is 2.01. The number of rotatable bonds is 2. The zero-order valence-corrected chi connectivity index (χ0v) is 20.3. The zero-order chi connectivity index (χ0) is 25.8. The quantitative estimate of drug-likeness (QED) is 0.334. The van der Waals surface area contributed by atoms with E-state index in [4.69, 9.17) is 0 Å². The van der Waals surface area contributed by atoms with Gasteiger partial charge in [0.25, 0.3) is 5.84 Å². The molecule has 2 aliphatic carbocycles. The van der Waals surface area contributed by atoms with Crippen LogP contribution in [0.25, 0.3) is 4.91 Å². The Hall–Kier alpha value is -2.94. The second-order valence-electron chi connectivity index (χ2n) is 9.44. The van der Waals surface area contributed by atoms with Crippen LogP contribution in [0.15, 0.2) is 88.7 Å². The van der Waals surface area contributed by atoms with Crippen LogP contribution in [-0.2, 0) is 0 Å². The van der Waals surface area contributed by atoms with Gasteiger partial charge in [0.05, 0.1) is 30.5 Å². The molecule has 0 amide bonds. The smallest absolute Gasteiger partial charge is 0.252 e. The Morgan fingerprint density at radius 2 is 1.33 bits per heavy atom. The molecular formula is C27H21F6N2S+. The fraction of sp³-hybridized carbons (Fsp3) is 0.296. The van der Waals surface area contributed by atoms with E-state index >= 15 is 17.6 Å². The van der Waals surface area contributed by atoms with E-state index in [1.165, 1.54) is 23.7 Å². The van der Waals surface area contributed by atoms with Crippen LogP contribution in [0.2, 0.25) is 0 Å². The third-order valence-electron chi connectivity index (χ3n) is 7.53. The van der Waals surface area contributed by atoms with Gasteiger partial charge in [-0.1, -0.05) is 48.5 Å². The van der Waals surface area contributed by atoms with E-state index < -0.39 is 40.2 Å². The summed E-state index contributed by atoms with van der Waals surface area (Å²) < 4.78 is 93.2. The van der Waals surface area contributed by atoms with Crippen molar-refractivity contribution >= 4 is 22.5 Å². The topological polar surface area (TPSA) is 6.25 Å². The zero-order valence-electron chi connectivity index (χ0n) is 19.5. The molecule has 2 aliphatic heterocycles. The maximum atomic E-state index is 15.4. The summed E-state index contributed by atoms with van der Waals surface area (Å²) in [6, 6.07) is 17.0. The number of benzene rings is 2. The summed E-state index contributed by atoms with van der Waals surface area (Å²) in [5.74, 6) is -15.1. The molecule has 9 heteroatoms. The minimum absolute atomic E-state index is 0.112. The number of thioether (sulfide) groups is 1. The third-order valence-corrected chi connectivity index (χ3v) is 9.06. The van der Waals surface area contributed by atoms with Gasteiger partial charge < -0.3 is 0 Å². The molecule has 0 spiro atoms. The molecule has 0 saturated heterocycles. The Labute approximate surface area is 208 Å². The van der Waals surface area contributed by atoms with Crippen molar-refractivity contribution in [2.75, 3.05) is 14.1 Å². The number of fused-ring (bicyclic) bond motifs is 4. The predicted octanol–water partition coefficient (Wildman–Crippen LogP) is 6.42. The van der Waals surface area contributed by atoms with Gasteiger partial charge in [0.2, 0.25) is 0 Å². The van der Waals surface area contributed by atoms with Crippen LogP contribution in [0.3, 0.4) is 0 Å². The van der Waals surface area contributed by atoms with Gasteiger partial charge in [0.1, 0.15) is 0 Å². The molecule has 186 valence electrons. The van der Waals surface area contributed by atoms with Crippen molar-refractivity contribution in [2.24, 2.45) is 0 Å². The van der Waals surface area contributed by atoms with Crippen LogP contribution < -0.4 is 0 Å². The first-order valence-electron chi connectivity index (χ1n) is 11.4. The van der Waals surface area contributed by atoms with Crippen LogP contribution >= 0.6 is 11.8 Å². The van der Waals surface area contributed by atoms with Gasteiger partial charge in [0.15, 0.2) is 11.7 Å². The van der Waals surface area contributed by atoms with Gasteiger partial charge >= 0.3 is 17.8 Å². The van der Waals surface area contributed by atoms with Crippen molar-refractivity contribution < 1.29 is 30.9 Å². The average Bonchev–Trinajstić information content (AvgIpc) is 3.35. The van der Waals surface area contributed by atoms with Gasteiger partial charge in [-0.2, -0.15) is 26.3 Å². The SMILES string of the molecule is CC1=C(c2ccccc2)SC2C1=C1C(=C3C2[N+](C)=C(c2ccccc2)N3C)C(F)(F)C(F)(F)C1(F)F. The number of alkyl halides is 6. The molecule has 0 radical (unpaired) electrons. The molecule has 2 aromatic carbocycles. The van der Waals surface area contributed by atoms with Crippen molar-refractivity contribution in [3.63, 3.8) is 0 Å². The molecular weight excluding hydrogens is 498 g/mol. The highest BCUT2D eigenvalue weighted by atomic mass is 32.2. The van der Waals surface area contributed by atoms with Crippen molar-refractivity contribution in [2.45, 2.75) is 36.0 Å². The van der Waals surface area contributed by atoms with E-state index in [-0.39, 0.29) is 11.3 Å². The summed E-state index contributed by atoms with van der Waals surface area (Å²) in [6.07, 6.45) is 0. The lowest BCUT2D eigenvalue weighted by Gasteiger charge is -2.30. The van der Waals surface area contributed by atoms with Crippen LogP contribution in [0.1, 0.15) is 18.1 Å². The Morgan fingerprint density at radius 3 is 1.92 bits per heavy atom. The molecule has 1 fully saturated rings. The molecule has 0 bridgehead atoms. The highest BCUT2D eigenvalue weighted by Gasteiger charge is 2.84. The number of hydrogen-bond acceptors (Lipinski definition) is 2. The van der Waals surface area contributed by atoms with Crippen LogP contribution in [0, 0.1) is 0 Å². The van der Waals surface area contributed by atoms with E-state index in [1.807, 2.05) is 0 Å². The summed E-state index contributed by atoms with van der Waals surface area (Å²) >= 11 is 1.27. The second kappa shape index (κ2) is 7.31.